The van der Waals surface area contributed by atoms with Crippen LogP contribution >= 0.6 is 15.9 Å². The molecule has 1 aromatic rings. The number of nitrogens with two attached hydrogens (primary N) is 1. The van der Waals surface area contributed by atoms with Crippen molar-refractivity contribution in [2.75, 3.05) is 6.61 Å². The van der Waals surface area contributed by atoms with E-state index in [4.69, 9.17) is 10.5 Å². The van der Waals surface area contributed by atoms with Crippen LogP contribution in [0.4, 0.5) is 4.39 Å². The zero-order chi connectivity index (χ0) is 12.3. The summed E-state index contributed by atoms with van der Waals surface area (Å²) in [5.74, 6) is -0.203. The van der Waals surface area contributed by atoms with Gasteiger partial charge in [-0.25, -0.2) is 4.39 Å². The minimum Gasteiger partial charge on any atom is -0.377 e. The molecule has 4 heteroatoms. The molecule has 1 fully saturated rings. The third-order valence-electron chi connectivity index (χ3n) is 3.16. The molecule has 0 spiro atoms. The van der Waals surface area contributed by atoms with Crippen LogP contribution in [0.25, 0.3) is 0 Å². The first kappa shape index (κ1) is 13.0. The summed E-state index contributed by atoms with van der Waals surface area (Å²) in [4.78, 5) is 0. The van der Waals surface area contributed by atoms with Gasteiger partial charge in [0, 0.05) is 17.1 Å². The van der Waals surface area contributed by atoms with E-state index in [1.807, 2.05) is 6.07 Å². The molecular formula is C13H17BrFNO. The minimum absolute atomic E-state index is 0.0757. The summed E-state index contributed by atoms with van der Waals surface area (Å²) < 4.78 is 20.0. The standard InChI is InChI=1S/C13H17BrFNO/c14-10-5-4-9(11(15)8-10)7-12(16)13-3-1-2-6-17-13/h4-5,8,12-13H,1-3,6-7,16H2. The summed E-state index contributed by atoms with van der Waals surface area (Å²) in [6.45, 7) is 0.779. The first-order chi connectivity index (χ1) is 8.16. The van der Waals surface area contributed by atoms with Crippen molar-refractivity contribution in [3.05, 3.63) is 34.1 Å². The molecule has 1 aromatic carbocycles. The molecule has 0 amide bonds. The Labute approximate surface area is 109 Å². The lowest BCUT2D eigenvalue weighted by molar-refractivity contribution is 0.000510. The van der Waals surface area contributed by atoms with E-state index in [9.17, 15) is 4.39 Å². The summed E-state index contributed by atoms with van der Waals surface area (Å²) in [7, 11) is 0. The predicted molar refractivity (Wildman–Crippen MR) is 69.4 cm³/mol. The van der Waals surface area contributed by atoms with Gasteiger partial charge in [-0.2, -0.15) is 0 Å². The Kier molecular flexibility index (Phi) is 4.54. The van der Waals surface area contributed by atoms with Gasteiger partial charge in [0.05, 0.1) is 6.10 Å². The lowest BCUT2D eigenvalue weighted by atomic mass is 9.96. The molecule has 1 saturated heterocycles. The van der Waals surface area contributed by atoms with E-state index < -0.39 is 0 Å². The van der Waals surface area contributed by atoms with E-state index in [0.717, 1.165) is 30.3 Å². The Morgan fingerprint density at radius 3 is 2.94 bits per heavy atom. The average molecular weight is 302 g/mol. The monoisotopic (exact) mass is 301 g/mol. The molecule has 2 atom stereocenters. The first-order valence-electron chi connectivity index (χ1n) is 5.98. The fourth-order valence-corrected chi connectivity index (χ4v) is 2.51. The van der Waals surface area contributed by atoms with E-state index in [1.54, 1.807) is 6.07 Å². The lowest BCUT2D eigenvalue weighted by Crippen LogP contribution is -2.40. The van der Waals surface area contributed by atoms with Crippen LogP contribution in [0.3, 0.4) is 0 Å². The highest BCUT2D eigenvalue weighted by Gasteiger charge is 2.22. The second-order valence-electron chi connectivity index (χ2n) is 4.51. The fourth-order valence-electron chi connectivity index (χ4n) is 2.18. The zero-order valence-corrected chi connectivity index (χ0v) is 11.2. The molecule has 2 nitrogen and oxygen atoms in total. The number of halogens is 2. The van der Waals surface area contributed by atoms with Crippen molar-refractivity contribution in [2.45, 2.75) is 37.8 Å². The van der Waals surface area contributed by atoms with Gasteiger partial charge in [-0.1, -0.05) is 22.0 Å². The van der Waals surface area contributed by atoms with Crippen LogP contribution < -0.4 is 5.73 Å². The zero-order valence-electron chi connectivity index (χ0n) is 9.66. The molecule has 1 aliphatic heterocycles. The largest absolute Gasteiger partial charge is 0.377 e. The first-order valence-corrected chi connectivity index (χ1v) is 6.77. The molecule has 2 unspecified atom stereocenters. The number of ether oxygens (including phenoxy) is 1. The second-order valence-corrected chi connectivity index (χ2v) is 5.42. The summed E-state index contributed by atoms with van der Waals surface area (Å²) in [5, 5.41) is 0. The van der Waals surface area contributed by atoms with Crippen molar-refractivity contribution in [1.29, 1.82) is 0 Å². The lowest BCUT2D eigenvalue weighted by Gasteiger charge is -2.28. The van der Waals surface area contributed by atoms with Crippen molar-refractivity contribution in [2.24, 2.45) is 5.73 Å². The van der Waals surface area contributed by atoms with Crippen molar-refractivity contribution in [3.8, 4) is 0 Å². The van der Waals surface area contributed by atoms with Crippen LogP contribution in [-0.2, 0) is 11.2 Å². The van der Waals surface area contributed by atoms with Crippen LogP contribution in [0.1, 0.15) is 24.8 Å². The maximum atomic E-state index is 13.7. The average Bonchev–Trinajstić information content (AvgIpc) is 2.34. The van der Waals surface area contributed by atoms with Gasteiger partial charge in [0.15, 0.2) is 0 Å². The highest BCUT2D eigenvalue weighted by atomic mass is 79.9. The maximum absolute atomic E-state index is 13.7. The Balaban J connectivity index is 1.99. The van der Waals surface area contributed by atoms with Crippen LogP contribution in [0.2, 0.25) is 0 Å². The van der Waals surface area contributed by atoms with Gasteiger partial charge >= 0.3 is 0 Å². The van der Waals surface area contributed by atoms with Crippen LogP contribution in [0.5, 0.6) is 0 Å². The second kappa shape index (κ2) is 5.94. The summed E-state index contributed by atoms with van der Waals surface area (Å²) >= 11 is 3.24. The summed E-state index contributed by atoms with van der Waals surface area (Å²) in [6, 6.07) is 4.98. The fraction of sp³-hybridized carbons (Fsp3) is 0.538. The number of hydrogen-bond acceptors (Lipinski definition) is 2. The maximum Gasteiger partial charge on any atom is 0.127 e. The normalized spacial score (nSPS) is 22.4. The molecule has 0 aromatic heterocycles. The van der Waals surface area contributed by atoms with Gasteiger partial charge in [0.2, 0.25) is 0 Å². The number of rotatable bonds is 3. The van der Waals surface area contributed by atoms with Gasteiger partial charge in [-0.15, -0.1) is 0 Å². The number of hydrogen-bond donors (Lipinski definition) is 1. The van der Waals surface area contributed by atoms with Crippen LogP contribution in [0, 0.1) is 5.82 Å². The van der Waals surface area contributed by atoms with Crippen LogP contribution in [-0.4, -0.2) is 18.8 Å². The third-order valence-corrected chi connectivity index (χ3v) is 3.66. The van der Waals surface area contributed by atoms with Gasteiger partial charge in [-0.05, 0) is 43.4 Å². The highest BCUT2D eigenvalue weighted by Crippen LogP contribution is 2.20. The molecule has 1 heterocycles. The van der Waals surface area contributed by atoms with Gasteiger partial charge in [0.25, 0.3) is 0 Å². The summed E-state index contributed by atoms with van der Waals surface area (Å²) in [5.41, 5.74) is 6.75. The van der Waals surface area contributed by atoms with E-state index in [2.05, 4.69) is 15.9 Å². The molecule has 2 N–H and O–H groups in total. The van der Waals surface area contributed by atoms with Gasteiger partial charge in [0.1, 0.15) is 5.82 Å². The smallest absolute Gasteiger partial charge is 0.127 e. The van der Waals surface area contributed by atoms with E-state index in [0.29, 0.717) is 12.0 Å². The van der Waals surface area contributed by atoms with Crippen LogP contribution in [0.15, 0.2) is 22.7 Å². The van der Waals surface area contributed by atoms with Gasteiger partial charge < -0.3 is 10.5 Å². The van der Waals surface area contributed by atoms with E-state index in [1.165, 1.54) is 6.07 Å². The molecule has 0 aliphatic carbocycles. The van der Waals surface area contributed by atoms with Crippen molar-refractivity contribution in [3.63, 3.8) is 0 Å². The quantitative estimate of drug-likeness (QED) is 0.931. The molecular weight excluding hydrogens is 285 g/mol. The van der Waals surface area contributed by atoms with E-state index >= 15 is 0 Å². The SMILES string of the molecule is NC(Cc1ccc(Br)cc1F)C1CCCCO1. The third kappa shape index (κ3) is 3.50. The molecule has 0 bridgehead atoms. The van der Waals surface area contributed by atoms with E-state index in [-0.39, 0.29) is 18.0 Å². The summed E-state index contributed by atoms with van der Waals surface area (Å²) in [6.07, 6.45) is 3.85. The van der Waals surface area contributed by atoms with Crippen molar-refractivity contribution in [1.82, 2.24) is 0 Å². The molecule has 17 heavy (non-hydrogen) atoms. The Bertz CT molecular complexity index is 380. The minimum atomic E-state index is -0.203. The molecule has 2 rings (SSSR count). The molecule has 0 saturated carbocycles. The predicted octanol–water partition coefficient (Wildman–Crippen LogP) is 3.03. The van der Waals surface area contributed by atoms with Crippen molar-refractivity contribution >= 4 is 15.9 Å². The van der Waals surface area contributed by atoms with Gasteiger partial charge in [-0.3, -0.25) is 0 Å². The highest BCUT2D eigenvalue weighted by molar-refractivity contribution is 9.10. The Hall–Kier alpha value is -0.450. The Morgan fingerprint density at radius 2 is 2.29 bits per heavy atom. The molecule has 1 aliphatic rings. The van der Waals surface area contributed by atoms with Crippen molar-refractivity contribution < 1.29 is 9.13 Å². The Morgan fingerprint density at radius 1 is 1.47 bits per heavy atom. The topological polar surface area (TPSA) is 35.2 Å². The molecule has 94 valence electrons. The molecule has 0 radical (unpaired) electrons. The number of benzene rings is 1.